The summed E-state index contributed by atoms with van der Waals surface area (Å²) >= 11 is 0. The molecule has 51 heavy (non-hydrogen) atoms. The number of anilines is 3. The van der Waals surface area contributed by atoms with Crippen molar-refractivity contribution in [2.75, 3.05) is 4.90 Å². The Morgan fingerprint density at radius 1 is 0.294 bits per heavy atom. The highest BCUT2D eigenvalue weighted by atomic mass is 15.1. The van der Waals surface area contributed by atoms with Gasteiger partial charge in [0.05, 0.1) is 11.0 Å². The summed E-state index contributed by atoms with van der Waals surface area (Å²) in [5, 5.41) is 3.76. The van der Waals surface area contributed by atoms with Crippen LogP contribution in [0, 0.1) is 0 Å². The van der Waals surface area contributed by atoms with Gasteiger partial charge in [-0.3, -0.25) is 0 Å². The first-order valence-electron chi connectivity index (χ1n) is 20.9. The Morgan fingerprint density at radius 3 is 1.59 bits per heavy atom. The number of hydrogen-bond donors (Lipinski definition) is 0. The van der Waals surface area contributed by atoms with Crippen LogP contribution in [0.2, 0.25) is 0 Å². The molecule has 0 aliphatic carbocycles. The fourth-order valence-electron chi connectivity index (χ4n) is 6.61. The molecule has 240 valence electrons. The van der Waals surface area contributed by atoms with Crippen molar-refractivity contribution in [3.05, 3.63) is 212 Å². The van der Waals surface area contributed by atoms with Crippen LogP contribution in [0.1, 0.15) is 11.0 Å². The maximum atomic E-state index is 9.55. The van der Waals surface area contributed by atoms with Gasteiger partial charge in [0.25, 0.3) is 0 Å². The van der Waals surface area contributed by atoms with Crippen molar-refractivity contribution in [1.82, 2.24) is 0 Å². The summed E-state index contributed by atoms with van der Waals surface area (Å²) < 4.78 is 75.8. The number of benzene rings is 9. The van der Waals surface area contributed by atoms with Crippen LogP contribution in [0.25, 0.3) is 66.1 Å². The van der Waals surface area contributed by atoms with Crippen LogP contribution in [0.4, 0.5) is 17.1 Å². The molecule has 0 heterocycles. The predicted molar refractivity (Wildman–Crippen MR) is 218 cm³/mol. The van der Waals surface area contributed by atoms with Crippen molar-refractivity contribution < 1.29 is 11.0 Å². The van der Waals surface area contributed by atoms with E-state index >= 15 is 0 Å². The molecule has 0 spiro atoms. The van der Waals surface area contributed by atoms with Gasteiger partial charge >= 0.3 is 0 Å². The summed E-state index contributed by atoms with van der Waals surface area (Å²) in [5.41, 5.74) is 4.67. The zero-order valence-corrected chi connectivity index (χ0v) is 27.5. The minimum atomic E-state index is -0.391. The number of fused-ring (bicyclic) bond motifs is 2. The molecule has 1 heteroatoms. The van der Waals surface area contributed by atoms with Gasteiger partial charge in [-0.2, -0.15) is 0 Å². The van der Waals surface area contributed by atoms with Gasteiger partial charge in [0.15, 0.2) is 0 Å². The average molecular weight is 658 g/mol. The fraction of sp³-hybridized carbons (Fsp3) is 0. The molecule has 9 aromatic rings. The van der Waals surface area contributed by atoms with Crippen molar-refractivity contribution in [2.45, 2.75) is 0 Å². The smallest absolute Gasteiger partial charge is 0.0645 e. The Hall–Kier alpha value is -6.70. The van der Waals surface area contributed by atoms with Gasteiger partial charge in [-0.25, -0.2) is 0 Å². The van der Waals surface area contributed by atoms with E-state index < -0.39 is 12.1 Å². The molecule has 9 rings (SSSR count). The first-order chi connectivity index (χ1) is 28.6. The fourth-order valence-corrected chi connectivity index (χ4v) is 6.61. The Kier molecular flexibility index (Phi) is 5.96. The van der Waals surface area contributed by atoms with E-state index in [1.165, 1.54) is 4.90 Å². The van der Waals surface area contributed by atoms with Crippen LogP contribution in [0.5, 0.6) is 0 Å². The lowest BCUT2D eigenvalue weighted by molar-refractivity contribution is 1.28. The van der Waals surface area contributed by atoms with E-state index in [9.17, 15) is 11.0 Å². The molecule has 0 N–H and O–H groups in total. The van der Waals surface area contributed by atoms with E-state index in [4.69, 9.17) is 0 Å². The molecule has 0 unspecified atom stereocenters. The van der Waals surface area contributed by atoms with Gasteiger partial charge in [-0.1, -0.05) is 164 Å². The van der Waals surface area contributed by atoms with Crippen LogP contribution in [-0.4, -0.2) is 0 Å². The minimum absolute atomic E-state index is 0.109. The lowest BCUT2D eigenvalue weighted by Gasteiger charge is -2.26. The van der Waals surface area contributed by atoms with E-state index in [1.54, 1.807) is 24.3 Å². The quantitative estimate of drug-likeness (QED) is 0.165. The van der Waals surface area contributed by atoms with Gasteiger partial charge in [-0.15, -0.1) is 0 Å². The number of rotatable bonds is 7. The van der Waals surface area contributed by atoms with Gasteiger partial charge < -0.3 is 4.90 Å². The summed E-state index contributed by atoms with van der Waals surface area (Å²) in [5.74, 6) is 0. The molecule has 0 saturated carbocycles. The summed E-state index contributed by atoms with van der Waals surface area (Å²) in [4.78, 5) is 1.36. The Balaban J connectivity index is 1.29. The first kappa shape index (κ1) is 22.8. The molecule has 0 amide bonds. The normalized spacial score (nSPS) is 13.3. The molecule has 0 radical (unpaired) electrons. The standard InChI is InChI=1S/C50H35N/c1-2-11-36(12-3-1)42-17-8-18-43(33-42)38-25-29-46(30-26-38)51(47-31-27-40(28-32-47)50-22-10-16-39-14-6-7-21-49(39)50)48-20-9-19-44(35-48)45-24-23-37-13-4-5-15-41(37)34-45/h1-35H/i25D,26D,27D,28D,29D,30D,31D,32D. The molecule has 0 aliphatic rings. The molecule has 0 aliphatic heterocycles. The lowest BCUT2D eigenvalue weighted by atomic mass is 9.97. The second-order valence-electron chi connectivity index (χ2n) is 12.4. The third kappa shape index (κ3) is 6.07. The second kappa shape index (κ2) is 13.3. The first-order valence-corrected chi connectivity index (χ1v) is 16.9. The average Bonchev–Trinajstić information content (AvgIpc) is 3.27. The molecular weight excluding hydrogens is 615 g/mol. The Bertz CT molecular complexity index is 3040. The van der Waals surface area contributed by atoms with Crippen molar-refractivity contribution in [2.24, 2.45) is 0 Å². The van der Waals surface area contributed by atoms with Crippen LogP contribution in [0.15, 0.2) is 212 Å². The van der Waals surface area contributed by atoms with Gasteiger partial charge in [0, 0.05) is 17.1 Å². The zero-order valence-electron chi connectivity index (χ0n) is 35.5. The monoisotopic (exact) mass is 657 g/mol. The molecule has 1 nitrogen and oxygen atoms in total. The third-order valence-corrected chi connectivity index (χ3v) is 9.18. The molecule has 0 atom stereocenters. The summed E-state index contributed by atoms with van der Waals surface area (Å²) in [6.07, 6.45) is 0. The maximum absolute atomic E-state index is 9.55. The Labute approximate surface area is 310 Å². The predicted octanol–water partition coefficient (Wildman–Crippen LogP) is 14.1. The molecule has 0 aromatic heterocycles. The summed E-state index contributed by atoms with van der Waals surface area (Å²) in [6, 6.07) is 48.8. The number of nitrogens with zero attached hydrogens (tertiary/aromatic N) is 1. The maximum Gasteiger partial charge on any atom is 0.0645 e. The highest BCUT2D eigenvalue weighted by molar-refractivity contribution is 5.97. The topological polar surface area (TPSA) is 3.24 Å². The Morgan fingerprint density at radius 2 is 0.824 bits per heavy atom. The van der Waals surface area contributed by atoms with Crippen LogP contribution >= 0.6 is 0 Å². The van der Waals surface area contributed by atoms with Gasteiger partial charge in [-0.05, 0) is 114 Å². The molecule has 0 fully saturated rings. The molecule has 0 bridgehead atoms. The van der Waals surface area contributed by atoms with E-state index in [-0.39, 0.29) is 58.8 Å². The van der Waals surface area contributed by atoms with Crippen molar-refractivity contribution in [1.29, 1.82) is 0 Å². The summed E-state index contributed by atoms with van der Waals surface area (Å²) in [7, 11) is 0. The highest BCUT2D eigenvalue weighted by Crippen LogP contribution is 2.39. The second-order valence-corrected chi connectivity index (χ2v) is 12.4. The van der Waals surface area contributed by atoms with Crippen LogP contribution < -0.4 is 4.90 Å². The third-order valence-electron chi connectivity index (χ3n) is 9.18. The number of hydrogen-bond acceptors (Lipinski definition) is 1. The highest BCUT2D eigenvalue weighted by Gasteiger charge is 2.15. The minimum Gasteiger partial charge on any atom is -0.310 e. The zero-order chi connectivity index (χ0) is 40.9. The van der Waals surface area contributed by atoms with Gasteiger partial charge in [0.1, 0.15) is 0 Å². The summed E-state index contributed by atoms with van der Waals surface area (Å²) in [6.45, 7) is 0. The van der Waals surface area contributed by atoms with Crippen molar-refractivity contribution in [3.8, 4) is 44.5 Å². The lowest BCUT2D eigenvalue weighted by Crippen LogP contribution is -2.10. The van der Waals surface area contributed by atoms with E-state index in [2.05, 4.69) is 6.07 Å². The van der Waals surface area contributed by atoms with Crippen molar-refractivity contribution in [3.63, 3.8) is 0 Å². The van der Waals surface area contributed by atoms with Crippen LogP contribution in [-0.2, 0) is 0 Å². The largest absolute Gasteiger partial charge is 0.310 e. The van der Waals surface area contributed by atoms with E-state index in [0.717, 1.165) is 43.8 Å². The molecular formula is C50H35N. The van der Waals surface area contributed by atoms with Crippen LogP contribution in [0.3, 0.4) is 0 Å². The molecule has 0 saturated heterocycles. The SMILES string of the molecule is [2H]c1c([2H])c(N(c2cccc(-c3ccc4ccccc4c3)c2)c2c([2H])c([2H])c(-c3cccc4ccccc34)c([2H])c2[2H])c([2H])c([2H])c1-c1cccc(-c2ccccc2)c1. The van der Waals surface area contributed by atoms with Crippen molar-refractivity contribution >= 4 is 38.6 Å². The van der Waals surface area contributed by atoms with Gasteiger partial charge in [0.2, 0.25) is 0 Å². The van der Waals surface area contributed by atoms with E-state index in [1.807, 2.05) is 133 Å². The van der Waals surface area contributed by atoms with E-state index in [0.29, 0.717) is 16.8 Å². The molecule has 9 aromatic carbocycles.